The molecule has 30 heavy (non-hydrogen) atoms. The molecule has 2 heterocycles. The number of carbonyl (C=O) groups is 3. The van der Waals surface area contributed by atoms with Crippen molar-refractivity contribution in [1.29, 1.82) is 0 Å². The number of nitrogens with one attached hydrogen (secondary N) is 4. The number of aliphatic carboxylic acids is 1. The molecule has 14 heteroatoms. The monoisotopic (exact) mass is 479 g/mol. The normalized spacial score (nSPS) is 14.9. The number of sulfonamides is 1. The molecule has 166 valence electrons. The van der Waals surface area contributed by atoms with Crippen molar-refractivity contribution in [3.8, 4) is 0 Å². The lowest BCUT2D eigenvalue weighted by Crippen LogP contribution is -2.48. The maximum atomic E-state index is 12.2. The molecule has 0 spiro atoms. The number of guanidine groups is 1. The molecule has 0 fully saturated rings. The zero-order valence-electron chi connectivity index (χ0n) is 15.8. The van der Waals surface area contributed by atoms with Gasteiger partial charge >= 0.3 is 5.97 Å². The van der Waals surface area contributed by atoms with Gasteiger partial charge < -0.3 is 15.7 Å². The van der Waals surface area contributed by atoms with Crippen LogP contribution >= 0.6 is 22.9 Å². The van der Waals surface area contributed by atoms with Crippen molar-refractivity contribution in [1.82, 2.24) is 20.7 Å². The summed E-state index contributed by atoms with van der Waals surface area (Å²) in [4.78, 5) is 40.6. The molecule has 1 aromatic rings. The number of hydrogen-bond donors (Lipinski definition) is 5. The van der Waals surface area contributed by atoms with Crippen LogP contribution in [0.2, 0.25) is 0 Å². The summed E-state index contributed by atoms with van der Waals surface area (Å²) >= 11 is 6.40. The number of nitrogens with zero attached hydrogens (tertiary/aromatic N) is 1. The van der Waals surface area contributed by atoms with Gasteiger partial charge in [0.15, 0.2) is 5.96 Å². The van der Waals surface area contributed by atoms with Gasteiger partial charge in [-0.3, -0.25) is 24.7 Å². The standard InChI is InChI=1S/C16H22ClN5O6S2/c17-9-30(27,28)22-11(15(25)26)8-20-14(24)12-4-2-10(29-12)3-5-13(23)21-16-18-6-1-7-19-16/h2,4,11,22H,1,3,5-9H2,(H,20,24)(H,25,26)(H2,18,19,21,23)/t11-/m0/s1. The van der Waals surface area contributed by atoms with Gasteiger partial charge in [-0.25, -0.2) is 8.42 Å². The van der Waals surface area contributed by atoms with E-state index < -0.39 is 39.7 Å². The van der Waals surface area contributed by atoms with Gasteiger partial charge in [-0.05, 0) is 25.0 Å². The average Bonchev–Trinajstić information content (AvgIpc) is 3.19. The molecule has 0 radical (unpaired) electrons. The van der Waals surface area contributed by atoms with Crippen molar-refractivity contribution in [3.63, 3.8) is 0 Å². The fourth-order valence-electron chi connectivity index (χ4n) is 2.39. The molecule has 0 saturated heterocycles. The first-order valence-electron chi connectivity index (χ1n) is 8.94. The summed E-state index contributed by atoms with van der Waals surface area (Å²) in [7, 11) is -3.96. The molecule has 5 N–H and O–H groups in total. The number of hydrogen-bond acceptors (Lipinski definition) is 8. The highest BCUT2D eigenvalue weighted by atomic mass is 35.5. The molecule has 0 unspecified atom stereocenters. The third-order valence-corrected chi connectivity index (χ3v) is 6.81. The summed E-state index contributed by atoms with van der Waals surface area (Å²) in [5.41, 5.74) is 0. The van der Waals surface area contributed by atoms with E-state index in [1.165, 1.54) is 0 Å². The highest BCUT2D eigenvalue weighted by Gasteiger charge is 2.24. The second-order valence-electron chi connectivity index (χ2n) is 6.27. The molecule has 0 bridgehead atoms. The van der Waals surface area contributed by atoms with Crippen LogP contribution in [0, 0.1) is 0 Å². The summed E-state index contributed by atoms with van der Waals surface area (Å²) in [5, 5.41) is 16.4. The van der Waals surface area contributed by atoms with Gasteiger partial charge in [0, 0.05) is 30.9 Å². The molecule has 1 aromatic heterocycles. The lowest BCUT2D eigenvalue weighted by Gasteiger charge is -2.14. The van der Waals surface area contributed by atoms with E-state index in [1.807, 2.05) is 4.72 Å². The summed E-state index contributed by atoms with van der Waals surface area (Å²) in [6, 6.07) is 1.71. The Labute approximate surface area is 182 Å². The number of aliphatic imine (C=N–C) groups is 1. The molecule has 1 aliphatic rings. The van der Waals surface area contributed by atoms with Crippen LogP contribution in [-0.2, 0) is 26.0 Å². The first kappa shape index (κ1) is 24.1. The molecule has 1 aliphatic heterocycles. The molecule has 0 saturated carbocycles. The van der Waals surface area contributed by atoms with E-state index in [9.17, 15) is 22.8 Å². The molecule has 2 rings (SSSR count). The average molecular weight is 480 g/mol. The van der Waals surface area contributed by atoms with Crippen LogP contribution in [0.4, 0.5) is 0 Å². The van der Waals surface area contributed by atoms with E-state index in [0.29, 0.717) is 23.8 Å². The molecule has 1 atom stereocenters. The number of alkyl halides is 1. The van der Waals surface area contributed by atoms with Crippen molar-refractivity contribution in [2.45, 2.75) is 25.3 Å². The Morgan fingerprint density at radius 1 is 1.33 bits per heavy atom. The fraction of sp³-hybridized carbons (Fsp3) is 0.500. The largest absolute Gasteiger partial charge is 0.480 e. The number of carboxylic acid groups (broad SMARTS) is 1. The summed E-state index contributed by atoms with van der Waals surface area (Å²) < 4.78 is 24.7. The predicted octanol–water partition coefficient (Wildman–Crippen LogP) is -0.555. The molecule has 2 amide bonds. The maximum absolute atomic E-state index is 12.2. The lowest BCUT2D eigenvalue weighted by atomic mass is 10.2. The Balaban J connectivity index is 1.82. The van der Waals surface area contributed by atoms with Gasteiger partial charge in [0.05, 0.1) is 4.88 Å². The zero-order valence-corrected chi connectivity index (χ0v) is 18.2. The number of carbonyl (C=O) groups excluding carboxylic acids is 2. The first-order valence-corrected chi connectivity index (χ1v) is 11.9. The Hall–Kier alpha value is -2.22. The number of thiophene rings is 1. The minimum atomic E-state index is -3.96. The van der Waals surface area contributed by atoms with Gasteiger partial charge in [0.2, 0.25) is 15.9 Å². The third-order valence-electron chi connectivity index (χ3n) is 3.87. The molecule has 11 nitrogen and oxygen atoms in total. The van der Waals surface area contributed by atoms with E-state index in [2.05, 4.69) is 20.9 Å². The Bertz CT molecular complexity index is 917. The van der Waals surface area contributed by atoms with Gasteiger partial charge in [0.1, 0.15) is 11.3 Å². The van der Waals surface area contributed by atoms with Gasteiger partial charge in [-0.1, -0.05) is 0 Å². The first-order chi connectivity index (χ1) is 14.2. The SMILES string of the molecule is O=C(CCc1ccc(C(=O)NC[C@H](NS(=O)(=O)CCl)C(=O)O)s1)NC1=NCCCN1. The smallest absolute Gasteiger partial charge is 0.323 e. The van der Waals surface area contributed by atoms with Crippen molar-refractivity contribution in [3.05, 3.63) is 21.9 Å². The minimum Gasteiger partial charge on any atom is -0.480 e. The summed E-state index contributed by atoms with van der Waals surface area (Å²) in [6.45, 7) is 0.982. The number of rotatable bonds is 10. The van der Waals surface area contributed by atoms with Crippen molar-refractivity contribution in [2.75, 3.05) is 24.8 Å². The molecule has 0 aliphatic carbocycles. The Morgan fingerprint density at radius 3 is 2.73 bits per heavy atom. The predicted molar refractivity (Wildman–Crippen MR) is 112 cm³/mol. The lowest BCUT2D eigenvalue weighted by molar-refractivity contribution is -0.138. The van der Waals surface area contributed by atoms with Crippen LogP contribution in [-0.4, -0.2) is 68.2 Å². The fourth-order valence-corrected chi connectivity index (χ4v) is 4.18. The van der Waals surface area contributed by atoms with Crippen LogP contribution in [0.5, 0.6) is 0 Å². The van der Waals surface area contributed by atoms with Crippen molar-refractivity contribution < 1.29 is 27.9 Å². The number of halogens is 1. The maximum Gasteiger partial charge on any atom is 0.323 e. The quantitative estimate of drug-likeness (QED) is 0.280. The van der Waals surface area contributed by atoms with Crippen molar-refractivity contribution in [2.24, 2.45) is 4.99 Å². The molecule has 0 aromatic carbocycles. The van der Waals surface area contributed by atoms with Crippen molar-refractivity contribution >= 4 is 56.7 Å². The van der Waals surface area contributed by atoms with Crippen LogP contribution in [0.1, 0.15) is 27.4 Å². The van der Waals surface area contributed by atoms with Gasteiger partial charge in [-0.2, -0.15) is 4.72 Å². The number of carboxylic acids is 1. The van der Waals surface area contributed by atoms with E-state index in [1.54, 1.807) is 12.1 Å². The summed E-state index contributed by atoms with van der Waals surface area (Å²) in [5.74, 6) is -1.72. The van der Waals surface area contributed by atoms with Crippen LogP contribution in [0.25, 0.3) is 0 Å². The number of aryl methyl sites for hydroxylation is 1. The molecular weight excluding hydrogens is 458 g/mol. The van der Waals surface area contributed by atoms with E-state index in [4.69, 9.17) is 16.7 Å². The van der Waals surface area contributed by atoms with Crippen LogP contribution in [0.15, 0.2) is 17.1 Å². The third kappa shape index (κ3) is 7.89. The Morgan fingerprint density at radius 2 is 2.10 bits per heavy atom. The van der Waals surface area contributed by atoms with Crippen LogP contribution in [0.3, 0.4) is 0 Å². The van der Waals surface area contributed by atoms with E-state index in [0.717, 1.165) is 29.2 Å². The number of amides is 2. The van der Waals surface area contributed by atoms with Gasteiger partial charge in [0.25, 0.3) is 5.91 Å². The minimum absolute atomic E-state index is 0.196. The summed E-state index contributed by atoms with van der Waals surface area (Å²) in [6.07, 6.45) is 1.55. The highest BCUT2D eigenvalue weighted by molar-refractivity contribution is 7.90. The second kappa shape index (κ2) is 11.2. The highest BCUT2D eigenvalue weighted by Crippen LogP contribution is 2.18. The van der Waals surface area contributed by atoms with Crippen LogP contribution < -0.4 is 20.7 Å². The Kier molecular flexibility index (Phi) is 9.02. The van der Waals surface area contributed by atoms with E-state index >= 15 is 0 Å². The zero-order chi connectivity index (χ0) is 22.1. The second-order valence-corrected chi connectivity index (χ2v) is 9.77. The molecular formula is C16H22ClN5O6S2. The topological polar surface area (TPSA) is 166 Å². The van der Waals surface area contributed by atoms with Gasteiger partial charge in [-0.15, -0.1) is 22.9 Å². The van der Waals surface area contributed by atoms with E-state index in [-0.39, 0.29) is 12.3 Å².